The molecule has 286 valence electrons. The molecule has 2 aromatic rings. The molecule has 2 saturated carbocycles. The van der Waals surface area contributed by atoms with E-state index in [1.54, 1.807) is 41.0 Å². The van der Waals surface area contributed by atoms with Crippen LogP contribution in [0.2, 0.25) is 0 Å². The quantitative estimate of drug-likeness (QED) is 0.257. The lowest BCUT2D eigenvalue weighted by atomic mass is 9.93. The third-order valence-corrected chi connectivity index (χ3v) is 10.1. The monoisotopic (exact) mass is 735 g/mol. The molecule has 0 spiro atoms. The molecule has 6 rings (SSSR count). The molecule has 4 aliphatic rings. The number of hydrogen-bond donors (Lipinski definition) is 2. The molecule has 5 amide bonds. The summed E-state index contributed by atoms with van der Waals surface area (Å²) in [5.74, 6) is -1.54. The highest BCUT2D eigenvalue weighted by atomic mass is 16.6. The van der Waals surface area contributed by atoms with Gasteiger partial charge in [0.15, 0.2) is 12.3 Å². The molecule has 16 nitrogen and oxygen atoms in total. The Hall–Kier alpha value is -5.15. The van der Waals surface area contributed by atoms with Gasteiger partial charge in [0.05, 0.1) is 18.9 Å². The van der Waals surface area contributed by atoms with Crippen LogP contribution in [0.3, 0.4) is 0 Å². The van der Waals surface area contributed by atoms with Crippen LogP contribution in [0.4, 0.5) is 4.79 Å². The molecule has 2 atom stereocenters. The minimum absolute atomic E-state index is 0.00522. The SMILES string of the molecule is CCOC(=O)N1CCN(C(=O)C(CCC(=O)OCC2CC2)NC(=O)c2cc(OCC(=O)N3CCCC3C(=O)NC3CCC3)n(-c3ccccc3)n2)CC1. The second-order valence-electron chi connectivity index (χ2n) is 14.0. The Morgan fingerprint density at radius 3 is 2.30 bits per heavy atom. The number of nitrogens with zero attached hydrogens (tertiary/aromatic N) is 5. The lowest BCUT2D eigenvalue weighted by molar-refractivity contribution is -0.144. The molecule has 1 aromatic heterocycles. The number of rotatable bonds is 15. The summed E-state index contributed by atoms with van der Waals surface area (Å²) in [5.41, 5.74) is 0.495. The average Bonchev–Trinajstić information content (AvgIpc) is 3.67. The van der Waals surface area contributed by atoms with Gasteiger partial charge >= 0.3 is 12.1 Å². The van der Waals surface area contributed by atoms with Gasteiger partial charge < -0.3 is 39.5 Å². The van der Waals surface area contributed by atoms with Gasteiger partial charge in [-0.2, -0.15) is 5.10 Å². The van der Waals surface area contributed by atoms with Crippen LogP contribution in [0.5, 0.6) is 5.88 Å². The molecule has 16 heteroatoms. The Morgan fingerprint density at radius 2 is 1.62 bits per heavy atom. The number of likely N-dealkylation sites (tertiary alicyclic amines) is 1. The molecule has 4 fully saturated rings. The number of benzene rings is 1. The maximum absolute atomic E-state index is 13.8. The van der Waals surface area contributed by atoms with Crippen molar-refractivity contribution in [1.29, 1.82) is 0 Å². The maximum Gasteiger partial charge on any atom is 0.409 e. The molecule has 2 aliphatic carbocycles. The molecule has 2 saturated heterocycles. The minimum Gasteiger partial charge on any atom is -0.467 e. The highest BCUT2D eigenvalue weighted by Gasteiger charge is 2.36. The van der Waals surface area contributed by atoms with Crippen molar-refractivity contribution in [1.82, 2.24) is 35.1 Å². The number of para-hydroxylation sites is 1. The van der Waals surface area contributed by atoms with Crippen molar-refractivity contribution in [3.05, 3.63) is 42.1 Å². The molecular formula is C37H49N7O9. The second-order valence-corrected chi connectivity index (χ2v) is 14.0. The number of hydrogen-bond acceptors (Lipinski definition) is 10. The van der Waals surface area contributed by atoms with Crippen molar-refractivity contribution < 1.29 is 43.0 Å². The van der Waals surface area contributed by atoms with E-state index in [2.05, 4.69) is 15.7 Å². The number of ether oxygens (including phenoxy) is 3. The van der Waals surface area contributed by atoms with Gasteiger partial charge in [0.25, 0.3) is 11.8 Å². The number of carbonyl (C=O) groups excluding carboxylic acids is 6. The summed E-state index contributed by atoms with van der Waals surface area (Å²) in [6.07, 6.45) is 5.77. The number of amides is 5. The first-order chi connectivity index (χ1) is 25.7. The molecule has 1 aromatic carbocycles. The van der Waals surface area contributed by atoms with Crippen molar-refractivity contribution in [2.24, 2.45) is 5.92 Å². The zero-order chi connectivity index (χ0) is 37.3. The van der Waals surface area contributed by atoms with E-state index in [4.69, 9.17) is 14.2 Å². The molecule has 0 bridgehead atoms. The van der Waals surface area contributed by atoms with Crippen LogP contribution >= 0.6 is 0 Å². The fourth-order valence-corrected chi connectivity index (χ4v) is 6.60. The first-order valence-electron chi connectivity index (χ1n) is 18.7. The number of aromatic nitrogens is 2. The van der Waals surface area contributed by atoms with Gasteiger partial charge in [0.1, 0.15) is 12.1 Å². The van der Waals surface area contributed by atoms with Gasteiger partial charge in [0, 0.05) is 51.3 Å². The molecule has 3 heterocycles. The van der Waals surface area contributed by atoms with Gasteiger partial charge in [-0.25, -0.2) is 9.48 Å². The molecule has 2 N–H and O–H groups in total. The predicted molar refractivity (Wildman–Crippen MR) is 189 cm³/mol. The molecule has 2 unspecified atom stereocenters. The van der Waals surface area contributed by atoms with Crippen LogP contribution < -0.4 is 15.4 Å². The van der Waals surface area contributed by atoms with Crippen molar-refractivity contribution in [2.75, 3.05) is 52.5 Å². The third kappa shape index (κ3) is 9.84. The van der Waals surface area contributed by atoms with E-state index in [1.807, 2.05) is 6.07 Å². The first-order valence-corrected chi connectivity index (χ1v) is 18.7. The average molecular weight is 736 g/mol. The summed E-state index contributed by atoms with van der Waals surface area (Å²) in [7, 11) is 0. The molecular weight excluding hydrogens is 686 g/mol. The summed E-state index contributed by atoms with van der Waals surface area (Å²) in [6.45, 7) is 3.35. The van der Waals surface area contributed by atoms with Crippen molar-refractivity contribution in [2.45, 2.75) is 82.8 Å². The Bertz CT molecular complexity index is 1630. The van der Waals surface area contributed by atoms with E-state index < -0.39 is 36.0 Å². The van der Waals surface area contributed by atoms with E-state index >= 15 is 0 Å². The van der Waals surface area contributed by atoms with Crippen LogP contribution in [-0.2, 0) is 28.7 Å². The largest absolute Gasteiger partial charge is 0.467 e. The van der Waals surface area contributed by atoms with Crippen LogP contribution in [0.25, 0.3) is 5.69 Å². The topological polar surface area (TPSA) is 182 Å². The lowest BCUT2D eigenvalue weighted by Gasteiger charge is -2.35. The van der Waals surface area contributed by atoms with Crippen LogP contribution in [0.15, 0.2) is 36.4 Å². The van der Waals surface area contributed by atoms with Gasteiger partial charge in [-0.15, -0.1) is 0 Å². The summed E-state index contributed by atoms with van der Waals surface area (Å²) in [6, 6.07) is 8.85. The second kappa shape index (κ2) is 17.6. The smallest absolute Gasteiger partial charge is 0.409 e. The van der Waals surface area contributed by atoms with Gasteiger partial charge in [-0.1, -0.05) is 18.2 Å². The van der Waals surface area contributed by atoms with Gasteiger partial charge in [-0.05, 0) is 76.3 Å². The van der Waals surface area contributed by atoms with Gasteiger partial charge in [0.2, 0.25) is 17.7 Å². The summed E-state index contributed by atoms with van der Waals surface area (Å²) in [4.78, 5) is 83.3. The number of nitrogens with one attached hydrogen (secondary N) is 2. The van der Waals surface area contributed by atoms with Crippen LogP contribution in [-0.4, -0.2) is 131 Å². The Morgan fingerprint density at radius 1 is 0.887 bits per heavy atom. The van der Waals surface area contributed by atoms with Crippen molar-refractivity contribution in [3.8, 4) is 11.6 Å². The first kappa shape index (κ1) is 37.6. The fourth-order valence-electron chi connectivity index (χ4n) is 6.60. The minimum atomic E-state index is -1.09. The number of esters is 1. The number of piperazine rings is 1. The van der Waals surface area contributed by atoms with Crippen molar-refractivity contribution in [3.63, 3.8) is 0 Å². The van der Waals surface area contributed by atoms with E-state index in [-0.39, 0.29) is 81.7 Å². The normalized spacial score (nSPS) is 19.2. The van der Waals surface area contributed by atoms with E-state index in [1.165, 1.54) is 15.6 Å². The Balaban J connectivity index is 1.14. The maximum atomic E-state index is 13.8. The van der Waals surface area contributed by atoms with E-state index in [9.17, 15) is 28.8 Å². The van der Waals surface area contributed by atoms with E-state index in [0.717, 1.165) is 32.1 Å². The van der Waals surface area contributed by atoms with Crippen LogP contribution in [0.1, 0.15) is 75.2 Å². The third-order valence-electron chi connectivity index (χ3n) is 10.1. The summed E-state index contributed by atoms with van der Waals surface area (Å²) < 4.78 is 17.8. The van der Waals surface area contributed by atoms with Crippen LogP contribution in [0, 0.1) is 5.92 Å². The lowest BCUT2D eigenvalue weighted by Crippen LogP contribution is -2.56. The van der Waals surface area contributed by atoms with E-state index in [0.29, 0.717) is 37.6 Å². The zero-order valence-electron chi connectivity index (χ0n) is 30.2. The zero-order valence-corrected chi connectivity index (χ0v) is 30.2. The standard InChI is InChI=1S/C37H49N7O9/c1-2-51-37(50)42-20-18-41(19-21-42)36(49)28(15-16-33(46)53-23-25-13-14-25)39-34(47)29-22-32(44(40-29)27-10-4-3-5-11-27)52-24-31(45)43-17-7-12-30(43)35(48)38-26-8-6-9-26/h3-5,10-11,22,25-26,28,30H,2,6-9,12-21,23-24H2,1H3,(H,38,48)(H,39,47). The molecule has 0 radical (unpaired) electrons. The van der Waals surface area contributed by atoms with Crippen molar-refractivity contribution >= 4 is 35.7 Å². The summed E-state index contributed by atoms with van der Waals surface area (Å²) >= 11 is 0. The fraction of sp³-hybridized carbons (Fsp3) is 0.595. The Labute approximate surface area is 308 Å². The number of carbonyl (C=O) groups is 6. The highest BCUT2D eigenvalue weighted by Crippen LogP contribution is 2.29. The summed E-state index contributed by atoms with van der Waals surface area (Å²) in [5, 5.41) is 10.3. The Kier molecular flexibility index (Phi) is 12.5. The molecule has 2 aliphatic heterocycles. The highest BCUT2D eigenvalue weighted by molar-refractivity contribution is 5.96. The van der Waals surface area contributed by atoms with Gasteiger partial charge in [-0.3, -0.25) is 24.0 Å². The molecule has 53 heavy (non-hydrogen) atoms. The predicted octanol–water partition coefficient (Wildman–Crippen LogP) is 2.04.